The number of amides is 1. The van der Waals surface area contributed by atoms with E-state index in [1.807, 2.05) is 6.07 Å². The van der Waals surface area contributed by atoms with Crippen molar-refractivity contribution in [2.45, 2.75) is 19.3 Å². The van der Waals surface area contributed by atoms with Crippen molar-refractivity contribution in [2.24, 2.45) is 18.7 Å². The van der Waals surface area contributed by atoms with E-state index in [0.717, 1.165) is 41.8 Å². The van der Waals surface area contributed by atoms with Crippen molar-refractivity contribution in [2.75, 3.05) is 36.9 Å². The Morgan fingerprint density at radius 2 is 2.31 bits per heavy atom. The van der Waals surface area contributed by atoms with Gasteiger partial charge in [0.1, 0.15) is 9.71 Å². The highest BCUT2D eigenvalue weighted by molar-refractivity contribution is 7.21. The van der Waals surface area contributed by atoms with Gasteiger partial charge in [-0.2, -0.15) is 4.80 Å². The maximum absolute atomic E-state index is 11.7. The normalized spacial score (nSPS) is 17.1. The van der Waals surface area contributed by atoms with Gasteiger partial charge in [-0.3, -0.25) is 4.79 Å². The average Bonchev–Trinajstić information content (AvgIpc) is 3.28. The van der Waals surface area contributed by atoms with Crippen molar-refractivity contribution in [3.63, 3.8) is 0 Å². The summed E-state index contributed by atoms with van der Waals surface area (Å²) in [5.74, 6) is 0.589. The van der Waals surface area contributed by atoms with E-state index >= 15 is 0 Å². The van der Waals surface area contributed by atoms with Crippen LogP contribution in [0.4, 0.5) is 11.4 Å². The number of aryl methyl sites for hydroxylation is 1. The minimum Gasteiger partial charge on any atom is -0.397 e. The van der Waals surface area contributed by atoms with Crippen molar-refractivity contribution in [3.05, 3.63) is 23.0 Å². The topological polar surface area (TPSA) is 138 Å². The second-order valence-corrected chi connectivity index (χ2v) is 8.19. The first-order valence-corrected chi connectivity index (χ1v) is 10.4. The number of ether oxygens (including phenoxy) is 1. The van der Waals surface area contributed by atoms with E-state index in [-0.39, 0.29) is 0 Å². The Kier molecular flexibility index (Phi) is 5.58. The third-order valence-electron chi connectivity index (χ3n) is 5.06. The molecule has 0 unspecified atom stereocenters. The van der Waals surface area contributed by atoms with Gasteiger partial charge in [0.25, 0.3) is 5.91 Å². The highest BCUT2D eigenvalue weighted by atomic mass is 32.1. The lowest BCUT2D eigenvalue weighted by molar-refractivity contribution is 0.0949. The van der Waals surface area contributed by atoms with E-state index in [0.29, 0.717) is 41.9 Å². The molecule has 0 radical (unpaired) electrons. The van der Waals surface area contributed by atoms with Crippen LogP contribution in [0.25, 0.3) is 10.2 Å². The van der Waals surface area contributed by atoms with E-state index < -0.39 is 5.91 Å². The van der Waals surface area contributed by atoms with Gasteiger partial charge in [0.2, 0.25) is 0 Å². The molecule has 4 heterocycles. The van der Waals surface area contributed by atoms with E-state index in [9.17, 15) is 4.79 Å². The van der Waals surface area contributed by atoms with Crippen molar-refractivity contribution < 1.29 is 9.53 Å². The van der Waals surface area contributed by atoms with Gasteiger partial charge in [0.05, 0.1) is 37.0 Å². The zero-order chi connectivity index (χ0) is 20.4. The third-order valence-corrected chi connectivity index (χ3v) is 6.19. The number of nitrogens with two attached hydrogens (primary N) is 2. The summed E-state index contributed by atoms with van der Waals surface area (Å²) in [7, 11) is 1.75. The second kappa shape index (κ2) is 8.29. The number of anilines is 2. The molecule has 1 amide bonds. The molecule has 3 aromatic heterocycles. The largest absolute Gasteiger partial charge is 0.397 e. The molecular weight excluding hydrogens is 392 g/mol. The predicted molar refractivity (Wildman–Crippen MR) is 111 cm³/mol. The van der Waals surface area contributed by atoms with Crippen LogP contribution in [0.3, 0.4) is 0 Å². The molecule has 0 bridgehead atoms. The molecule has 29 heavy (non-hydrogen) atoms. The Morgan fingerprint density at radius 3 is 3.07 bits per heavy atom. The number of carbonyl (C=O) groups is 1. The highest BCUT2D eigenvalue weighted by Gasteiger charge is 2.25. The van der Waals surface area contributed by atoms with Crippen LogP contribution in [0.2, 0.25) is 0 Å². The molecule has 1 aliphatic heterocycles. The van der Waals surface area contributed by atoms with Gasteiger partial charge in [-0.05, 0) is 30.0 Å². The average molecular weight is 417 g/mol. The Morgan fingerprint density at radius 1 is 1.45 bits per heavy atom. The minimum atomic E-state index is -0.515. The summed E-state index contributed by atoms with van der Waals surface area (Å²) in [6.07, 6.45) is 4.58. The number of pyridine rings is 1. The summed E-state index contributed by atoms with van der Waals surface area (Å²) in [4.78, 5) is 20.9. The number of hydrogen-bond acceptors (Lipinski definition) is 9. The molecule has 1 fully saturated rings. The van der Waals surface area contributed by atoms with Gasteiger partial charge < -0.3 is 21.1 Å². The van der Waals surface area contributed by atoms with Gasteiger partial charge in [0, 0.05) is 25.7 Å². The van der Waals surface area contributed by atoms with Crippen LogP contribution >= 0.6 is 11.3 Å². The van der Waals surface area contributed by atoms with Gasteiger partial charge in [-0.25, -0.2) is 4.98 Å². The maximum atomic E-state index is 11.7. The number of thiophene rings is 1. The summed E-state index contributed by atoms with van der Waals surface area (Å²) < 4.78 is 5.88. The standard InChI is InChI=1S/C18H24N8O2S/c1-25-23-13(22-24-25)5-8-28-10-11-3-2-7-26(9-11)12-4-6-21-18-14(12)15(19)16(29-18)17(20)27/h4,6,11H,2-3,5,7-10,19H2,1H3,(H2,20,27)/t11-/m0/s1. The molecule has 11 heteroatoms. The molecule has 1 aliphatic rings. The number of hydrogen-bond donors (Lipinski definition) is 2. The molecule has 3 aromatic rings. The molecule has 0 aliphatic carbocycles. The van der Waals surface area contributed by atoms with E-state index in [4.69, 9.17) is 16.2 Å². The maximum Gasteiger partial charge on any atom is 0.260 e. The molecule has 154 valence electrons. The Hall–Kier alpha value is -2.79. The van der Waals surface area contributed by atoms with Crippen LogP contribution in [0.5, 0.6) is 0 Å². The lowest BCUT2D eigenvalue weighted by Crippen LogP contribution is -2.37. The number of fused-ring (bicyclic) bond motifs is 1. The Balaban J connectivity index is 1.41. The molecule has 10 nitrogen and oxygen atoms in total. The minimum absolute atomic E-state index is 0.370. The number of piperidine rings is 1. The van der Waals surface area contributed by atoms with Gasteiger partial charge in [-0.15, -0.1) is 21.5 Å². The number of nitrogens with zero attached hydrogens (tertiary/aromatic N) is 6. The predicted octanol–water partition coefficient (Wildman–Crippen LogP) is 0.977. The van der Waals surface area contributed by atoms with Crippen molar-refractivity contribution >= 4 is 38.8 Å². The van der Waals surface area contributed by atoms with E-state index in [1.54, 1.807) is 13.2 Å². The Bertz CT molecular complexity index is 1020. The quantitative estimate of drug-likeness (QED) is 0.544. The fourth-order valence-electron chi connectivity index (χ4n) is 3.73. The first-order valence-electron chi connectivity index (χ1n) is 9.55. The first kappa shape index (κ1) is 19.5. The van der Waals surface area contributed by atoms with E-state index in [1.165, 1.54) is 16.1 Å². The van der Waals surface area contributed by atoms with E-state index in [2.05, 4.69) is 25.3 Å². The SMILES string of the molecule is Cn1nnc(CCOC[C@H]2CCCN(c3ccnc4sc(C(N)=O)c(N)c34)C2)n1. The lowest BCUT2D eigenvalue weighted by atomic mass is 9.98. The smallest absolute Gasteiger partial charge is 0.260 e. The highest BCUT2D eigenvalue weighted by Crippen LogP contribution is 2.39. The summed E-state index contributed by atoms with van der Waals surface area (Å²) in [6.45, 7) is 3.04. The van der Waals surface area contributed by atoms with Crippen LogP contribution in [0.15, 0.2) is 12.3 Å². The van der Waals surface area contributed by atoms with Crippen LogP contribution in [-0.4, -0.2) is 57.4 Å². The number of nitrogen functional groups attached to an aromatic ring is 1. The van der Waals surface area contributed by atoms with Crippen LogP contribution < -0.4 is 16.4 Å². The number of carbonyl (C=O) groups excluding carboxylic acids is 1. The number of aromatic nitrogens is 5. The zero-order valence-electron chi connectivity index (χ0n) is 16.2. The molecule has 1 saturated heterocycles. The van der Waals surface area contributed by atoms with Crippen molar-refractivity contribution in [1.82, 2.24) is 25.2 Å². The third kappa shape index (κ3) is 4.15. The van der Waals surface area contributed by atoms with Crippen molar-refractivity contribution in [1.29, 1.82) is 0 Å². The fraction of sp³-hybridized carbons (Fsp3) is 0.500. The lowest BCUT2D eigenvalue weighted by Gasteiger charge is -2.34. The zero-order valence-corrected chi connectivity index (χ0v) is 17.1. The number of primary amides is 1. The molecule has 1 atom stereocenters. The molecular formula is C18H24N8O2S. The summed E-state index contributed by atoms with van der Waals surface area (Å²) >= 11 is 1.25. The summed E-state index contributed by atoms with van der Waals surface area (Å²) in [6, 6.07) is 1.96. The summed E-state index contributed by atoms with van der Waals surface area (Å²) in [5.41, 5.74) is 13.1. The van der Waals surface area contributed by atoms with Crippen LogP contribution in [0, 0.1) is 5.92 Å². The van der Waals surface area contributed by atoms with Gasteiger partial charge in [-0.1, -0.05) is 0 Å². The van der Waals surface area contributed by atoms with Crippen LogP contribution in [-0.2, 0) is 18.2 Å². The fourth-order valence-corrected chi connectivity index (χ4v) is 4.67. The van der Waals surface area contributed by atoms with Gasteiger partial charge in [0.15, 0.2) is 5.82 Å². The first-order chi connectivity index (χ1) is 14.0. The monoisotopic (exact) mass is 416 g/mol. The Labute approximate surface area is 171 Å². The summed E-state index contributed by atoms with van der Waals surface area (Å²) in [5, 5.41) is 12.8. The molecule has 0 aromatic carbocycles. The van der Waals surface area contributed by atoms with Gasteiger partial charge >= 0.3 is 0 Å². The second-order valence-electron chi connectivity index (χ2n) is 7.19. The van der Waals surface area contributed by atoms with Crippen molar-refractivity contribution in [3.8, 4) is 0 Å². The van der Waals surface area contributed by atoms with Crippen LogP contribution in [0.1, 0.15) is 28.3 Å². The molecule has 4 N–H and O–H groups in total. The molecule has 0 spiro atoms. The molecule has 0 saturated carbocycles. The number of rotatable bonds is 7. The number of tetrazole rings is 1. The molecule has 4 rings (SSSR count).